The Morgan fingerprint density at radius 3 is 2.36 bits per heavy atom. The molecule has 130 valence electrons. The Labute approximate surface area is 145 Å². The van der Waals surface area contributed by atoms with Crippen LogP contribution >= 0.6 is 0 Å². The van der Waals surface area contributed by atoms with Crippen LogP contribution in [0, 0.1) is 11.7 Å². The van der Waals surface area contributed by atoms with Gasteiger partial charge in [-0.3, -0.25) is 9.59 Å². The van der Waals surface area contributed by atoms with Gasteiger partial charge < -0.3 is 10.0 Å². The fourth-order valence-corrected chi connectivity index (χ4v) is 3.03. The van der Waals surface area contributed by atoms with Crippen molar-refractivity contribution < 1.29 is 19.1 Å². The molecule has 0 aromatic heterocycles. The minimum atomic E-state index is -0.558. The van der Waals surface area contributed by atoms with Gasteiger partial charge in [-0.1, -0.05) is 25.1 Å². The van der Waals surface area contributed by atoms with Crippen LogP contribution < -0.4 is 0 Å². The van der Waals surface area contributed by atoms with Crippen molar-refractivity contribution in [1.82, 2.24) is 4.90 Å². The van der Waals surface area contributed by atoms with E-state index in [1.54, 1.807) is 29.2 Å². The van der Waals surface area contributed by atoms with Crippen LogP contribution in [0.1, 0.15) is 39.6 Å². The van der Waals surface area contributed by atoms with Gasteiger partial charge in [0.2, 0.25) is 0 Å². The Bertz CT molecular complexity index is 788. The highest BCUT2D eigenvalue weighted by Crippen LogP contribution is 2.22. The van der Waals surface area contributed by atoms with Gasteiger partial charge in [-0.05, 0) is 42.7 Å². The van der Waals surface area contributed by atoms with E-state index < -0.39 is 11.9 Å². The summed E-state index contributed by atoms with van der Waals surface area (Å²) in [6.07, 6.45) is 0.165. The molecule has 0 aliphatic carbocycles. The van der Waals surface area contributed by atoms with E-state index in [9.17, 15) is 19.1 Å². The summed E-state index contributed by atoms with van der Waals surface area (Å²) in [6.45, 7) is 2.77. The lowest BCUT2D eigenvalue weighted by molar-refractivity contribution is 0.0248. The maximum Gasteiger partial charge on any atom is 0.254 e. The van der Waals surface area contributed by atoms with Crippen molar-refractivity contribution in [3.8, 4) is 0 Å². The number of rotatable bonds is 3. The first kappa shape index (κ1) is 17.3. The summed E-state index contributed by atoms with van der Waals surface area (Å²) in [5.74, 6) is -0.857. The molecule has 0 spiro atoms. The quantitative estimate of drug-likeness (QED) is 0.874. The lowest BCUT2D eigenvalue weighted by atomic mass is 9.94. The molecule has 2 aromatic carbocycles. The maximum atomic E-state index is 13.1. The highest BCUT2D eigenvalue weighted by Gasteiger charge is 2.29. The SMILES string of the molecule is CC1CCN(C(=O)c2ccccc2C(=O)c2ccc(F)cc2)CC1O. The van der Waals surface area contributed by atoms with Crippen molar-refractivity contribution in [2.75, 3.05) is 13.1 Å². The summed E-state index contributed by atoms with van der Waals surface area (Å²) in [5, 5.41) is 10.0. The molecule has 5 heteroatoms. The number of aliphatic hydroxyl groups excluding tert-OH is 1. The molecule has 0 saturated carbocycles. The van der Waals surface area contributed by atoms with Crippen LogP contribution in [0.4, 0.5) is 4.39 Å². The van der Waals surface area contributed by atoms with Crippen LogP contribution in [0.25, 0.3) is 0 Å². The Morgan fingerprint density at radius 2 is 1.72 bits per heavy atom. The number of amides is 1. The number of halogens is 1. The zero-order valence-electron chi connectivity index (χ0n) is 14.0. The van der Waals surface area contributed by atoms with Gasteiger partial charge in [0.1, 0.15) is 5.82 Å². The minimum absolute atomic E-state index is 0.153. The average molecular weight is 341 g/mol. The van der Waals surface area contributed by atoms with Gasteiger partial charge in [-0.15, -0.1) is 0 Å². The fraction of sp³-hybridized carbons (Fsp3) is 0.300. The highest BCUT2D eigenvalue weighted by molar-refractivity contribution is 6.15. The monoisotopic (exact) mass is 341 g/mol. The lowest BCUT2D eigenvalue weighted by Gasteiger charge is -2.34. The molecule has 1 aliphatic rings. The molecule has 2 atom stereocenters. The smallest absolute Gasteiger partial charge is 0.254 e. The number of likely N-dealkylation sites (tertiary alicyclic amines) is 1. The van der Waals surface area contributed by atoms with E-state index in [1.165, 1.54) is 24.3 Å². The van der Waals surface area contributed by atoms with Crippen molar-refractivity contribution in [3.63, 3.8) is 0 Å². The van der Waals surface area contributed by atoms with Gasteiger partial charge in [0.25, 0.3) is 5.91 Å². The predicted molar refractivity (Wildman–Crippen MR) is 92.0 cm³/mol. The molecule has 1 heterocycles. The van der Waals surface area contributed by atoms with E-state index in [0.717, 1.165) is 6.42 Å². The molecule has 1 saturated heterocycles. The summed E-state index contributed by atoms with van der Waals surface area (Å²) in [7, 11) is 0. The zero-order chi connectivity index (χ0) is 18.0. The Morgan fingerprint density at radius 1 is 1.08 bits per heavy atom. The van der Waals surface area contributed by atoms with Gasteiger partial charge in [-0.25, -0.2) is 4.39 Å². The molecule has 2 aromatic rings. The molecule has 1 fully saturated rings. The number of hydrogen-bond donors (Lipinski definition) is 1. The zero-order valence-corrected chi connectivity index (χ0v) is 14.0. The van der Waals surface area contributed by atoms with E-state index in [0.29, 0.717) is 17.7 Å². The van der Waals surface area contributed by atoms with E-state index >= 15 is 0 Å². The molecule has 0 bridgehead atoms. The number of carbonyl (C=O) groups is 2. The third-order valence-corrected chi connectivity index (χ3v) is 4.71. The number of carbonyl (C=O) groups excluding carboxylic acids is 2. The summed E-state index contributed by atoms with van der Waals surface area (Å²) in [4.78, 5) is 27.2. The number of piperidine rings is 1. The molecule has 25 heavy (non-hydrogen) atoms. The molecule has 1 aliphatic heterocycles. The van der Waals surface area contributed by atoms with Crippen LogP contribution in [0.2, 0.25) is 0 Å². The number of hydrogen-bond acceptors (Lipinski definition) is 3. The van der Waals surface area contributed by atoms with Crippen molar-refractivity contribution >= 4 is 11.7 Å². The van der Waals surface area contributed by atoms with Crippen molar-refractivity contribution in [2.24, 2.45) is 5.92 Å². The predicted octanol–water partition coefficient (Wildman–Crippen LogP) is 2.90. The van der Waals surface area contributed by atoms with Crippen LogP contribution in [0.15, 0.2) is 48.5 Å². The Hall–Kier alpha value is -2.53. The number of benzene rings is 2. The maximum absolute atomic E-state index is 13.1. The largest absolute Gasteiger partial charge is 0.391 e. The first-order valence-electron chi connectivity index (χ1n) is 8.34. The molecule has 0 radical (unpaired) electrons. The average Bonchev–Trinajstić information content (AvgIpc) is 2.63. The second-order valence-electron chi connectivity index (χ2n) is 6.47. The standard InChI is InChI=1S/C20H20FNO3/c1-13-10-11-22(12-18(13)23)20(25)17-5-3-2-4-16(17)19(24)14-6-8-15(21)9-7-14/h2-9,13,18,23H,10-12H2,1H3. The molecule has 3 rings (SSSR count). The molecular weight excluding hydrogens is 321 g/mol. The van der Waals surface area contributed by atoms with Crippen molar-refractivity contribution in [2.45, 2.75) is 19.4 Å². The number of nitrogens with zero attached hydrogens (tertiary/aromatic N) is 1. The molecule has 4 nitrogen and oxygen atoms in total. The summed E-state index contributed by atoms with van der Waals surface area (Å²) < 4.78 is 13.1. The van der Waals surface area contributed by atoms with E-state index in [1.807, 2.05) is 6.92 Å². The number of β-amino-alcohol motifs (C(OH)–C–C–N with tert-alkyl or cyclic N) is 1. The minimum Gasteiger partial charge on any atom is -0.391 e. The summed E-state index contributed by atoms with van der Waals surface area (Å²) >= 11 is 0. The first-order valence-corrected chi connectivity index (χ1v) is 8.34. The van der Waals surface area contributed by atoms with E-state index in [-0.39, 0.29) is 29.7 Å². The summed E-state index contributed by atoms with van der Waals surface area (Å²) in [6, 6.07) is 11.9. The topological polar surface area (TPSA) is 57.6 Å². The lowest BCUT2D eigenvalue weighted by Crippen LogP contribution is -2.46. The van der Waals surface area contributed by atoms with E-state index in [4.69, 9.17) is 0 Å². The van der Waals surface area contributed by atoms with Gasteiger partial charge in [0, 0.05) is 24.2 Å². The van der Waals surface area contributed by atoms with Crippen LogP contribution in [0.5, 0.6) is 0 Å². The van der Waals surface area contributed by atoms with Gasteiger partial charge in [0.05, 0.1) is 11.7 Å². The van der Waals surface area contributed by atoms with Crippen LogP contribution in [-0.2, 0) is 0 Å². The number of aliphatic hydroxyl groups is 1. The van der Waals surface area contributed by atoms with Gasteiger partial charge in [0.15, 0.2) is 5.78 Å². The Kier molecular flexibility index (Phi) is 4.95. The van der Waals surface area contributed by atoms with Crippen molar-refractivity contribution in [3.05, 3.63) is 71.0 Å². The van der Waals surface area contributed by atoms with E-state index in [2.05, 4.69) is 0 Å². The molecule has 1 amide bonds. The third kappa shape index (κ3) is 3.61. The second kappa shape index (κ2) is 7.15. The first-order chi connectivity index (χ1) is 12.0. The highest BCUT2D eigenvalue weighted by atomic mass is 19.1. The van der Waals surface area contributed by atoms with Crippen LogP contribution in [-0.4, -0.2) is 40.9 Å². The van der Waals surface area contributed by atoms with Gasteiger partial charge >= 0.3 is 0 Å². The van der Waals surface area contributed by atoms with Gasteiger partial charge in [-0.2, -0.15) is 0 Å². The fourth-order valence-electron chi connectivity index (χ4n) is 3.03. The summed E-state index contributed by atoms with van der Waals surface area (Å²) in [5.41, 5.74) is 0.916. The molecular formula is C20H20FNO3. The normalized spacial score (nSPS) is 20.4. The Balaban J connectivity index is 1.89. The molecule has 1 N–H and O–H groups in total. The number of ketones is 1. The van der Waals surface area contributed by atoms with Crippen LogP contribution in [0.3, 0.4) is 0 Å². The molecule has 2 unspecified atom stereocenters. The van der Waals surface area contributed by atoms with Crippen molar-refractivity contribution in [1.29, 1.82) is 0 Å². The third-order valence-electron chi connectivity index (χ3n) is 4.71. The second-order valence-corrected chi connectivity index (χ2v) is 6.47.